The van der Waals surface area contributed by atoms with Crippen molar-refractivity contribution in [1.29, 1.82) is 0 Å². The SMILES string of the molecule is COC(=O)c1ccc2c(ccn2C2CCOCC2)n1. The Morgan fingerprint density at radius 3 is 2.89 bits per heavy atom. The van der Waals surface area contributed by atoms with Crippen LogP contribution in [0.15, 0.2) is 24.4 Å². The Bertz CT molecular complexity index is 600. The fourth-order valence-electron chi connectivity index (χ4n) is 2.54. The van der Waals surface area contributed by atoms with Crippen molar-refractivity contribution in [2.24, 2.45) is 0 Å². The number of ether oxygens (including phenoxy) is 2. The Kier molecular flexibility index (Phi) is 3.21. The van der Waals surface area contributed by atoms with E-state index < -0.39 is 5.97 Å². The second kappa shape index (κ2) is 5.01. The van der Waals surface area contributed by atoms with Crippen molar-refractivity contribution in [3.63, 3.8) is 0 Å². The van der Waals surface area contributed by atoms with E-state index in [0.717, 1.165) is 37.1 Å². The lowest BCUT2D eigenvalue weighted by Crippen LogP contribution is -2.18. The van der Waals surface area contributed by atoms with Crippen LogP contribution in [0.25, 0.3) is 11.0 Å². The molecule has 0 amide bonds. The molecular formula is C14H16N2O3. The maximum atomic E-state index is 11.5. The van der Waals surface area contributed by atoms with Gasteiger partial charge in [0.15, 0.2) is 0 Å². The zero-order chi connectivity index (χ0) is 13.2. The van der Waals surface area contributed by atoms with E-state index in [1.165, 1.54) is 7.11 Å². The molecule has 1 aliphatic heterocycles. The summed E-state index contributed by atoms with van der Waals surface area (Å²) < 4.78 is 12.3. The molecule has 1 aliphatic rings. The zero-order valence-electron chi connectivity index (χ0n) is 10.8. The highest BCUT2D eigenvalue weighted by Gasteiger charge is 2.18. The summed E-state index contributed by atoms with van der Waals surface area (Å²) in [6.07, 6.45) is 4.07. The summed E-state index contributed by atoms with van der Waals surface area (Å²) in [5.41, 5.74) is 2.23. The van der Waals surface area contributed by atoms with Crippen molar-refractivity contribution in [3.8, 4) is 0 Å². The second-order valence-electron chi connectivity index (χ2n) is 4.66. The van der Waals surface area contributed by atoms with Gasteiger partial charge >= 0.3 is 5.97 Å². The van der Waals surface area contributed by atoms with Gasteiger partial charge in [0.05, 0.1) is 18.1 Å². The molecule has 0 aliphatic carbocycles. The topological polar surface area (TPSA) is 53.4 Å². The van der Waals surface area contributed by atoms with Crippen molar-refractivity contribution < 1.29 is 14.3 Å². The summed E-state index contributed by atoms with van der Waals surface area (Å²) >= 11 is 0. The van der Waals surface area contributed by atoms with Crippen molar-refractivity contribution in [1.82, 2.24) is 9.55 Å². The maximum absolute atomic E-state index is 11.5. The number of carbonyl (C=O) groups excluding carboxylic acids is 1. The van der Waals surface area contributed by atoms with Crippen LogP contribution in [0.2, 0.25) is 0 Å². The number of aromatic nitrogens is 2. The van der Waals surface area contributed by atoms with Gasteiger partial charge in [-0.2, -0.15) is 0 Å². The van der Waals surface area contributed by atoms with Gasteiger partial charge in [-0.3, -0.25) is 0 Å². The molecule has 3 rings (SSSR count). The molecular weight excluding hydrogens is 244 g/mol. The number of fused-ring (bicyclic) bond motifs is 1. The third kappa shape index (κ3) is 2.21. The first kappa shape index (κ1) is 12.2. The molecule has 5 heteroatoms. The number of hydrogen-bond donors (Lipinski definition) is 0. The average Bonchev–Trinajstić information content (AvgIpc) is 2.90. The average molecular weight is 260 g/mol. The van der Waals surface area contributed by atoms with Gasteiger partial charge in [0, 0.05) is 25.5 Å². The first-order valence-corrected chi connectivity index (χ1v) is 6.43. The summed E-state index contributed by atoms with van der Waals surface area (Å²) in [5.74, 6) is -0.402. The number of esters is 1. The van der Waals surface area contributed by atoms with Gasteiger partial charge in [-0.05, 0) is 31.0 Å². The van der Waals surface area contributed by atoms with Crippen LogP contribution in [0.5, 0.6) is 0 Å². The summed E-state index contributed by atoms with van der Waals surface area (Å²) in [6.45, 7) is 1.61. The van der Waals surface area contributed by atoms with E-state index in [2.05, 4.69) is 14.3 Å². The Labute approximate surface area is 111 Å². The molecule has 5 nitrogen and oxygen atoms in total. The second-order valence-corrected chi connectivity index (χ2v) is 4.66. The molecule has 0 bridgehead atoms. The minimum atomic E-state index is -0.402. The summed E-state index contributed by atoms with van der Waals surface area (Å²) in [6, 6.07) is 6.04. The van der Waals surface area contributed by atoms with Gasteiger partial charge in [0.2, 0.25) is 0 Å². The first-order chi connectivity index (χ1) is 9.29. The molecule has 19 heavy (non-hydrogen) atoms. The van der Waals surface area contributed by atoms with Crippen molar-refractivity contribution in [3.05, 3.63) is 30.1 Å². The predicted molar refractivity (Wildman–Crippen MR) is 70.2 cm³/mol. The molecule has 0 spiro atoms. The molecule has 0 unspecified atom stereocenters. The Morgan fingerprint density at radius 2 is 2.16 bits per heavy atom. The lowest BCUT2D eigenvalue weighted by molar-refractivity contribution is 0.0594. The molecule has 0 radical (unpaired) electrons. The summed E-state index contributed by atoms with van der Waals surface area (Å²) in [5, 5.41) is 0. The summed E-state index contributed by atoms with van der Waals surface area (Å²) in [7, 11) is 1.36. The van der Waals surface area contributed by atoms with E-state index in [9.17, 15) is 4.79 Å². The molecule has 100 valence electrons. The molecule has 2 aromatic rings. The summed E-state index contributed by atoms with van der Waals surface area (Å²) in [4.78, 5) is 15.8. The molecule has 2 aromatic heterocycles. The fraction of sp³-hybridized carbons (Fsp3) is 0.429. The number of carbonyl (C=O) groups is 1. The van der Waals surface area contributed by atoms with Gasteiger partial charge in [-0.15, -0.1) is 0 Å². The molecule has 3 heterocycles. The zero-order valence-corrected chi connectivity index (χ0v) is 10.8. The number of pyridine rings is 1. The largest absolute Gasteiger partial charge is 0.464 e. The lowest BCUT2D eigenvalue weighted by Gasteiger charge is -2.24. The normalized spacial score (nSPS) is 16.7. The van der Waals surface area contributed by atoms with Crippen LogP contribution in [-0.4, -0.2) is 35.8 Å². The number of hydrogen-bond acceptors (Lipinski definition) is 4. The molecule has 1 fully saturated rings. The van der Waals surface area contributed by atoms with E-state index in [-0.39, 0.29) is 0 Å². The van der Waals surface area contributed by atoms with Gasteiger partial charge in [-0.25, -0.2) is 9.78 Å². The van der Waals surface area contributed by atoms with E-state index in [1.54, 1.807) is 6.07 Å². The van der Waals surface area contributed by atoms with Gasteiger partial charge in [-0.1, -0.05) is 0 Å². The van der Waals surface area contributed by atoms with Crippen LogP contribution >= 0.6 is 0 Å². The standard InChI is InChI=1S/C14H16N2O3/c1-18-14(17)12-2-3-13-11(15-12)4-7-16(13)10-5-8-19-9-6-10/h2-4,7,10H,5-6,8-9H2,1H3. The third-order valence-electron chi connectivity index (χ3n) is 3.55. The van der Waals surface area contributed by atoms with Crippen molar-refractivity contribution >= 4 is 17.0 Å². The minimum absolute atomic E-state index is 0.347. The molecule has 0 saturated carbocycles. The van der Waals surface area contributed by atoms with Gasteiger partial charge < -0.3 is 14.0 Å². The molecule has 1 saturated heterocycles. The monoisotopic (exact) mass is 260 g/mol. The van der Waals surface area contributed by atoms with E-state index in [4.69, 9.17) is 4.74 Å². The van der Waals surface area contributed by atoms with Crippen molar-refractivity contribution in [2.45, 2.75) is 18.9 Å². The molecule has 0 aromatic carbocycles. The number of methoxy groups -OCH3 is 1. The maximum Gasteiger partial charge on any atom is 0.356 e. The van der Waals surface area contributed by atoms with Crippen LogP contribution in [-0.2, 0) is 9.47 Å². The lowest BCUT2D eigenvalue weighted by atomic mass is 10.1. The molecule has 0 N–H and O–H groups in total. The molecule has 0 atom stereocenters. The predicted octanol–water partition coefficient (Wildman–Crippen LogP) is 2.17. The highest BCUT2D eigenvalue weighted by atomic mass is 16.5. The van der Waals surface area contributed by atoms with Gasteiger partial charge in [0.25, 0.3) is 0 Å². The third-order valence-corrected chi connectivity index (χ3v) is 3.55. The Morgan fingerprint density at radius 1 is 1.37 bits per heavy atom. The number of nitrogens with zero attached hydrogens (tertiary/aromatic N) is 2. The fourth-order valence-corrected chi connectivity index (χ4v) is 2.54. The smallest absolute Gasteiger partial charge is 0.356 e. The van der Waals surface area contributed by atoms with Crippen LogP contribution in [0.4, 0.5) is 0 Å². The quantitative estimate of drug-likeness (QED) is 0.777. The number of rotatable bonds is 2. The first-order valence-electron chi connectivity index (χ1n) is 6.43. The van der Waals surface area contributed by atoms with E-state index in [1.807, 2.05) is 18.3 Å². The van der Waals surface area contributed by atoms with E-state index >= 15 is 0 Å². The van der Waals surface area contributed by atoms with E-state index in [0.29, 0.717) is 11.7 Å². The van der Waals surface area contributed by atoms with Crippen LogP contribution in [0, 0.1) is 0 Å². The van der Waals surface area contributed by atoms with Crippen LogP contribution in [0.1, 0.15) is 29.4 Å². The van der Waals surface area contributed by atoms with Crippen molar-refractivity contribution in [2.75, 3.05) is 20.3 Å². The van der Waals surface area contributed by atoms with Gasteiger partial charge in [0.1, 0.15) is 5.69 Å². The minimum Gasteiger partial charge on any atom is -0.464 e. The Hall–Kier alpha value is -1.88. The highest BCUT2D eigenvalue weighted by Crippen LogP contribution is 2.26. The van der Waals surface area contributed by atoms with Crippen LogP contribution < -0.4 is 0 Å². The highest BCUT2D eigenvalue weighted by molar-refractivity contribution is 5.90. The van der Waals surface area contributed by atoms with Crippen LogP contribution in [0.3, 0.4) is 0 Å². The Balaban J connectivity index is 1.97.